The standard InChI is InChI=1S/C44H38F8O10/c1-26(2)38(53)58-22-8-6-5-7-21-57-32-17-19-34(36(45)23-32)40(55)61-30-13-9-28(10-14-30)42(43(47,48)49,44(50,51)52)29-11-15-31(16-12-29)62-41(56)35-20-18-33(24-37(35)46)59-25-60-39(54)27(3)4/h9-20,23-24H,1,3,5-8,21-22,25H2,2,4H3. The van der Waals surface area contributed by atoms with Crippen molar-refractivity contribution in [1.29, 1.82) is 0 Å². The number of halogens is 8. The van der Waals surface area contributed by atoms with Gasteiger partial charge in [-0.1, -0.05) is 37.4 Å². The molecule has 4 rings (SSSR count). The van der Waals surface area contributed by atoms with E-state index >= 15 is 0 Å². The highest BCUT2D eigenvalue weighted by atomic mass is 19.4. The molecule has 330 valence electrons. The largest absolute Gasteiger partial charge is 0.493 e. The van der Waals surface area contributed by atoms with Crippen LogP contribution in [0.5, 0.6) is 23.0 Å². The number of unbranched alkanes of at least 4 members (excludes halogenated alkanes) is 3. The number of esters is 4. The van der Waals surface area contributed by atoms with Crippen molar-refractivity contribution in [3.05, 3.63) is 143 Å². The first-order valence-electron chi connectivity index (χ1n) is 18.4. The molecule has 18 heteroatoms. The lowest BCUT2D eigenvalue weighted by molar-refractivity contribution is -0.288. The molecule has 0 aromatic heterocycles. The summed E-state index contributed by atoms with van der Waals surface area (Å²) in [5.74, 6) is -7.29. The average Bonchev–Trinajstić information content (AvgIpc) is 3.19. The van der Waals surface area contributed by atoms with Crippen LogP contribution in [0.15, 0.2) is 109 Å². The molecule has 0 spiro atoms. The van der Waals surface area contributed by atoms with E-state index in [2.05, 4.69) is 13.2 Å². The summed E-state index contributed by atoms with van der Waals surface area (Å²) >= 11 is 0. The zero-order valence-corrected chi connectivity index (χ0v) is 33.1. The predicted molar refractivity (Wildman–Crippen MR) is 205 cm³/mol. The number of carbonyl (C=O) groups excluding carboxylic acids is 4. The van der Waals surface area contributed by atoms with E-state index in [4.69, 9.17) is 28.4 Å². The molecule has 0 saturated carbocycles. The van der Waals surface area contributed by atoms with Crippen LogP contribution in [0, 0.1) is 11.6 Å². The Hall–Kier alpha value is -6.72. The summed E-state index contributed by atoms with van der Waals surface area (Å²) in [5.41, 5.74) is -8.23. The van der Waals surface area contributed by atoms with Crippen LogP contribution < -0.4 is 18.9 Å². The normalized spacial score (nSPS) is 11.6. The molecular formula is C44H38F8O10. The second-order valence-electron chi connectivity index (χ2n) is 13.5. The fraction of sp³-hybridized carbons (Fsp3) is 0.273. The molecule has 0 bridgehead atoms. The summed E-state index contributed by atoms with van der Waals surface area (Å²) in [6.45, 7) is 9.60. The molecule has 0 atom stereocenters. The van der Waals surface area contributed by atoms with Gasteiger partial charge in [0.25, 0.3) is 0 Å². The smallest absolute Gasteiger partial charge is 0.411 e. The predicted octanol–water partition coefficient (Wildman–Crippen LogP) is 10.3. The lowest BCUT2D eigenvalue weighted by atomic mass is 9.73. The van der Waals surface area contributed by atoms with Crippen LogP contribution in [0.1, 0.15) is 71.4 Å². The molecule has 4 aromatic rings. The zero-order valence-electron chi connectivity index (χ0n) is 33.1. The number of hydrogen-bond acceptors (Lipinski definition) is 10. The minimum atomic E-state index is -6.02. The molecule has 4 aromatic carbocycles. The second-order valence-corrected chi connectivity index (χ2v) is 13.5. The van der Waals surface area contributed by atoms with E-state index in [1.807, 2.05) is 0 Å². The first-order valence-corrected chi connectivity index (χ1v) is 18.4. The van der Waals surface area contributed by atoms with Crippen LogP contribution in [-0.2, 0) is 24.5 Å². The molecular weight excluding hydrogens is 840 g/mol. The van der Waals surface area contributed by atoms with Gasteiger partial charge in [-0.25, -0.2) is 28.0 Å². The Labute approximate surface area is 349 Å². The minimum absolute atomic E-state index is 0.0762. The first kappa shape index (κ1) is 48.0. The summed E-state index contributed by atoms with van der Waals surface area (Å²) < 4.78 is 149. The molecule has 0 unspecified atom stereocenters. The maximum Gasteiger partial charge on any atom is 0.411 e. The molecule has 0 aliphatic carbocycles. The van der Waals surface area contributed by atoms with Gasteiger partial charge in [-0.15, -0.1) is 0 Å². The van der Waals surface area contributed by atoms with Crippen molar-refractivity contribution < 1.29 is 82.7 Å². The summed E-state index contributed by atoms with van der Waals surface area (Å²) in [7, 11) is 0. The molecule has 0 heterocycles. The zero-order chi connectivity index (χ0) is 45.8. The van der Waals surface area contributed by atoms with E-state index in [1.165, 1.54) is 19.9 Å². The number of rotatable bonds is 19. The Morgan fingerprint density at radius 1 is 0.516 bits per heavy atom. The quantitative estimate of drug-likeness (QED) is 0.0225. The molecule has 0 aliphatic heterocycles. The highest BCUT2D eigenvalue weighted by Crippen LogP contribution is 2.56. The van der Waals surface area contributed by atoms with Crippen LogP contribution >= 0.6 is 0 Å². The number of ether oxygens (including phenoxy) is 6. The van der Waals surface area contributed by atoms with Crippen molar-refractivity contribution in [3.8, 4) is 23.0 Å². The van der Waals surface area contributed by atoms with Gasteiger partial charge in [0.15, 0.2) is 0 Å². The number of benzene rings is 4. The third-order valence-corrected chi connectivity index (χ3v) is 8.82. The molecule has 0 fully saturated rings. The SMILES string of the molecule is C=C(C)C(=O)OCCCCCCOc1ccc(C(=O)Oc2ccc(C(c3ccc(OC(=O)c4ccc(OCOC(=O)C(=C)C)cc4F)cc3)(C(F)(F)F)C(F)(F)F)cc2)c(F)c1. The fourth-order valence-corrected chi connectivity index (χ4v) is 5.66. The molecule has 0 radical (unpaired) electrons. The topological polar surface area (TPSA) is 124 Å². The number of carbonyl (C=O) groups is 4. The third kappa shape index (κ3) is 12.0. The summed E-state index contributed by atoms with van der Waals surface area (Å²) in [4.78, 5) is 48.3. The van der Waals surface area contributed by atoms with Gasteiger partial charge in [-0.2, -0.15) is 26.3 Å². The van der Waals surface area contributed by atoms with Gasteiger partial charge in [0.2, 0.25) is 12.2 Å². The van der Waals surface area contributed by atoms with Crippen molar-refractivity contribution in [3.63, 3.8) is 0 Å². The van der Waals surface area contributed by atoms with Crippen molar-refractivity contribution in [2.75, 3.05) is 20.0 Å². The fourth-order valence-electron chi connectivity index (χ4n) is 5.66. The Kier molecular flexibility index (Phi) is 16.0. The van der Waals surface area contributed by atoms with Gasteiger partial charge in [0.1, 0.15) is 34.6 Å². The Bertz CT molecular complexity index is 2250. The number of alkyl halides is 6. The van der Waals surface area contributed by atoms with Gasteiger partial charge in [0, 0.05) is 23.3 Å². The maximum atomic E-state index is 14.9. The highest BCUT2D eigenvalue weighted by molar-refractivity contribution is 5.92. The van der Waals surface area contributed by atoms with Crippen molar-refractivity contribution in [2.24, 2.45) is 0 Å². The van der Waals surface area contributed by atoms with Crippen molar-refractivity contribution in [2.45, 2.75) is 57.3 Å². The van der Waals surface area contributed by atoms with E-state index in [9.17, 15) is 54.3 Å². The van der Waals surface area contributed by atoms with E-state index in [0.29, 0.717) is 73.4 Å². The van der Waals surface area contributed by atoms with E-state index in [1.54, 1.807) is 0 Å². The van der Waals surface area contributed by atoms with Gasteiger partial charge < -0.3 is 28.4 Å². The molecule has 0 amide bonds. The van der Waals surface area contributed by atoms with Gasteiger partial charge in [-0.3, -0.25) is 0 Å². The minimum Gasteiger partial charge on any atom is -0.493 e. The summed E-state index contributed by atoms with van der Waals surface area (Å²) in [6, 6.07) is 10.4. The van der Waals surface area contributed by atoms with Crippen molar-refractivity contribution in [1.82, 2.24) is 0 Å². The van der Waals surface area contributed by atoms with E-state index in [-0.39, 0.29) is 30.3 Å². The Balaban J connectivity index is 1.42. The lowest BCUT2D eigenvalue weighted by Crippen LogP contribution is -2.54. The summed E-state index contributed by atoms with van der Waals surface area (Å²) in [5, 5.41) is 0. The maximum absolute atomic E-state index is 14.9. The molecule has 0 saturated heterocycles. The van der Waals surface area contributed by atoms with Crippen LogP contribution in [0.3, 0.4) is 0 Å². The van der Waals surface area contributed by atoms with Gasteiger partial charge in [0.05, 0.1) is 24.3 Å². The monoisotopic (exact) mass is 878 g/mol. The molecule has 62 heavy (non-hydrogen) atoms. The van der Waals surface area contributed by atoms with E-state index in [0.717, 1.165) is 36.8 Å². The second kappa shape index (κ2) is 20.7. The molecule has 10 nitrogen and oxygen atoms in total. The highest BCUT2D eigenvalue weighted by Gasteiger charge is 2.72. The van der Waals surface area contributed by atoms with Crippen LogP contribution in [0.2, 0.25) is 0 Å². The molecule has 0 aliphatic rings. The number of hydrogen-bond donors (Lipinski definition) is 0. The van der Waals surface area contributed by atoms with Crippen LogP contribution in [0.4, 0.5) is 35.1 Å². The van der Waals surface area contributed by atoms with Crippen LogP contribution in [0.25, 0.3) is 0 Å². The summed E-state index contributed by atoms with van der Waals surface area (Å²) in [6.07, 6.45) is -9.40. The van der Waals surface area contributed by atoms with E-state index < -0.39 is 93.8 Å². The van der Waals surface area contributed by atoms with Crippen molar-refractivity contribution >= 4 is 23.9 Å². The third-order valence-electron chi connectivity index (χ3n) is 8.82. The molecule has 0 N–H and O–H groups in total. The lowest BCUT2D eigenvalue weighted by Gasteiger charge is -2.38. The van der Waals surface area contributed by atoms with Gasteiger partial charge >= 0.3 is 36.2 Å². The Morgan fingerprint density at radius 3 is 1.31 bits per heavy atom. The van der Waals surface area contributed by atoms with Gasteiger partial charge in [-0.05, 0) is 99.2 Å². The first-order chi connectivity index (χ1) is 29.1. The van der Waals surface area contributed by atoms with Crippen LogP contribution in [-0.4, -0.2) is 56.2 Å². The Morgan fingerprint density at radius 2 is 0.903 bits per heavy atom. The average molecular weight is 879 g/mol.